The summed E-state index contributed by atoms with van der Waals surface area (Å²) in [5.74, 6) is 2.83. The van der Waals surface area contributed by atoms with Crippen LogP contribution in [0.5, 0.6) is 28.7 Å². The minimum Gasteiger partial charge on any atom is -0.504 e. The maximum Gasteiger partial charge on any atom is 0.231 e. The second-order valence-electron chi connectivity index (χ2n) is 7.65. The highest BCUT2D eigenvalue weighted by atomic mass is 16.7. The zero-order valence-corrected chi connectivity index (χ0v) is 16.8. The molecule has 6 rings (SSSR count). The molecule has 0 aliphatic carbocycles. The maximum absolute atomic E-state index is 9.96. The Morgan fingerprint density at radius 3 is 2.77 bits per heavy atom. The van der Waals surface area contributed by atoms with E-state index in [0.29, 0.717) is 11.5 Å². The number of phenolic OH excluding ortho intramolecular Hbond substituents is 1. The Bertz CT molecular complexity index is 1210. The van der Waals surface area contributed by atoms with E-state index in [1.54, 1.807) is 6.07 Å². The second kappa shape index (κ2) is 6.84. The molecule has 0 saturated carbocycles. The molecule has 3 aliphatic rings. The van der Waals surface area contributed by atoms with Gasteiger partial charge >= 0.3 is 0 Å². The van der Waals surface area contributed by atoms with E-state index in [9.17, 15) is 5.11 Å². The highest BCUT2D eigenvalue weighted by molar-refractivity contribution is 6.02. The van der Waals surface area contributed by atoms with Gasteiger partial charge in [0.2, 0.25) is 13.0 Å². The molecular formula is C24H20N2O5. The maximum atomic E-state index is 9.96. The first kappa shape index (κ1) is 17.9. The standard InChI is InChI=1S/C24H20N2O5/c1-28-22-10-14(6-8-19(22)27)17-12-18-16-4-2-3-5-20(16)31-24(26(18)25-17)15-7-9-21-23(11-15)30-13-29-21/h2-11,18,24,27H,12-13H2,1H3/t18-,24-/m0/s1. The first-order valence-corrected chi connectivity index (χ1v) is 10.1. The third-order valence-corrected chi connectivity index (χ3v) is 5.89. The summed E-state index contributed by atoms with van der Waals surface area (Å²) < 4.78 is 22.7. The predicted octanol–water partition coefficient (Wildman–Crippen LogP) is 4.37. The molecule has 0 fully saturated rings. The third-order valence-electron chi connectivity index (χ3n) is 5.89. The van der Waals surface area contributed by atoms with E-state index < -0.39 is 6.23 Å². The monoisotopic (exact) mass is 416 g/mol. The fraction of sp³-hybridized carbons (Fsp3) is 0.208. The topological polar surface area (TPSA) is 72.8 Å². The van der Waals surface area contributed by atoms with Crippen LogP contribution in [-0.2, 0) is 0 Å². The van der Waals surface area contributed by atoms with Crippen molar-refractivity contribution in [2.45, 2.75) is 18.7 Å². The van der Waals surface area contributed by atoms with Crippen molar-refractivity contribution in [3.63, 3.8) is 0 Å². The number of benzene rings is 3. The van der Waals surface area contributed by atoms with E-state index in [1.165, 1.54) is 7.11 Å². The van der Waals surface area contributed by atoms with Gasteiger partial charge in [-0.2, -0.15) is 5.10 Å². The van der Waals surface area contributed by atoms with Gasteiger partial charge in [-0.15, -0.1) is 0 Å². The van der Waals surface area contributed by atoms with Crippen LogP contribution in [-0.4, -0.2) is 29.7 Å². The molecule has 3 aromatic rings. The molecule has 156 valence electrons. The number of fused-ring (bicyclic) bond motifs is 4. The third kappa shape index (κ3) is 2.84. The fourth-order valence-electron chi connectivity index (χ4n) is 4.35. The van der Waals surface area contributed by atoms with Crippen molar-refractivity contribution in [1.29, 1.82) is 0 Å². The summed E-state index contributed by atoms with van der Waals surface area (Å²) >= 11 is 0. The van der Waals surface area contributed by atoms with E-state index in [-0.39, 0.29) is 18.6 Å². The number of phenols is 1. The number of nitrogens with zero attached hydrogens (tertiary/aromatic N) is 2. The lowest BCUT2D eigenvalue weighted by atomic mass is 9.95. The van der Waals surface area contributed by atoms with Gasteiger partial charge in [0.25, 0.3) is 0 Å². The van der Waals surface area contributed by atoms with E-state index in [2.05, 4.69) is 6.07 Å². The van der Waals surface area contributed by atoms with E-state index >= 15 is 0 Å². The van der Waals surface area contributed by atoms with Gasteiger partial charge in [-0.25, -0.2) is 5.01 Å². The molecule has 31 heavy (non-hydrogen) atoms. The van der Waals surface area contributed by atoms with Crippen LogP contribution in [0.1, 0.15) is 35.4 Å². The van der Waals surface area contributed by atoms with Gasteiger partial charge in [-0.3, -0.25) is 0 Å². The van der Waals surface area contributed by atoms with Gasteiger partial charge in [0.15, 0.2) is 23.0 Å². The average Bonchev–Trinajstić information content (AvgIpc) is 3.46. The quantitative estimate of drug-likeness (QED) is 0.684. The lowest BCUT2D eigenvalue weighted by molar-refractivity contribution is -0.0191. The fourth-order valence-corrected chi connectivity index (χ4v) is 4.35. The summed E-state index contributed by atoms with van der Waals surface area (Å²) in [6, 6.07) is 19.3. The summed E-state index contributed by atoms with van der Waals surface area (Å²) in [6.45, 7) is 0.227. The van der Waals surface area contributed by atoms with Crippen LogP contribution in [0.2, 0.25) is 0 Å². The second-order valence-corrected chi connectivity index (χ2v) is 7.65. The van der Waals surface area contributed by atoms with Crippen LogP contribution in [0.4, 0.5) is 0 Å². The molecule has 0 saturated heterocycles. The van der Waals surface area contributed by atoms with Crippen LogP contribution < -0.4 is 18.9 Å². The molecule has 1 N–H and O–H groups in total. The van der Waals surface area contributed by atoms with Gasteiger partial charge in [0.05, 0.1) is 18.9 Å². The Kier molecular flexibility index (Phi) is 3.96. The van der Waals surface area contributed by atoms with Crippen LogP contribution in [0, 0.1) is 0 Å². The van der Waals surface area contributed by atoms with Crippen LogP contribution >= 0.6 is 0 Å². The van der Waals surface area contributed by atoms with Crippen molar-refractivity contribution >= 4 is 5.71 Å². The molecule has 0 unspecified atom stereocenters. The van der Waals surface area contributed by atoms with Crippen molar-refractivity contribution in [2.75, 3.05) is 13.9 Å². The molecule has 0 bridgehead atoms. The Balaban J connectivity index is 1.43. The molecule has 3 heterocycles. The SMILES string of the molecule is COc1cc(C2=NN3[C@@H](C2)c2ccccc2O[C@H]3c2ccc3c(c2)OCO3)ccc1O. The molecular weight excluding hydrogens is 396 g/mol. The van der Waals surface area contributed by atoms with Crippen LogP contribution in [0.15, 0.2) is 65.8 Å². The summed E-state index contributed by atoms with van der Waals surface area (Å²) in [5, 5.41) is 16.9. The number of para-hydroxylation sites is 1. The first-order chi connectivity index (χ1) is 15.2. The molecule has 0 spiro atoms. The summed E-state index contributed by atoms with van der Waals surface area (Å²) in [7, 11) is 1.54. The van der Waals surface area contributed by atoms with Crippen molar-refractivity contribution < 1.29 is 24.1 Å². The molecule has 0 radical (unpaired) electrons. The Morgan fingerprint density at radius 1 is 1.00 bits per heavy atom. The zero-order chi connectivity index (χ0) is 20.9. The number of hydrogen-bond acceptors (Lipinski definition) is 7. The van der Waals surface area contributed by atoms with Crippen LogP contribution in [0.3, 0.4) is 0 Å². The number of methoxy groups -OCH3 is 1. The number of aromatic hydroxyl groups is 1. The highest BCUT2D eigenvalue weighted by Crippen LogP contribution is 2.48. The molecule has 7 heteroatoms. The van der Waals surface area contributed by atoms with Gasteiger partial charge in [0.1, 0.15) is 5.75 Å². The summed E-state index contributed by atoms with van der Waals surface area (Å²) in [5.41, 5.74) is 3.86. The normalized spacial score (nSPS) is 20.5. The lowest BCUT2D eigenvalue weighted by Crippen LogP contribution is -2.33. The molecule has 0 amide bonds. The number of hydrazone groups is 1. The van der Waals surface area contributed by atoms with Gasteiger partial charge in [-0.05, 0) is 42.5 Å². The Labute approximate surface area is 179 Å². The summed E-state index contributed by atoms with van der Waals surface area (Å²) in [6.07, 6.45) is 0.320. The van der Waals surface area contributed by atoms with E-state index in [1.807, 2.05) is 53.5 Å². The number of rotatable bonds is 3. The predicted molar refractivity (Wildman–Crippen MR) is 113 cm³/mol. The molecule has 2 atom stereocenters. The Hall–Kier alpha value is -3.87. The van der Waals surface area contributed by atoms with E-state index in [4.69, 9.17) is 24.0 Å². The average molecular weight is 416 g/mol. The molecule has 0 aromatic heterocycles. The van der Waals surface area contributed by atoms with Crippen LogP contribution in [0.25, 0.3) is 0 Å². The van der Waals surface area contributed by atoms with Crippen molar-refractivity contribution in [1.82, 2.24) is 5.01 Å². The minimum atomic E-state index is -0.397. The van der Waals surface area contributed by atoms with Gasteiger partial charge in [-0.1, -0.05) is 18.2 Å². The smallest absolute Gasteiger partial charge is 0.231 e. The van der Waals surface area contributed by atoms with Gasteiger partial charge in [0, 0.05) is 23.1 Å². The molecule has 3 aliphatic heterocycles. The van der Waals surface area contributed by atoms with E-state index in [0.717, 1.165) is 40.3 Å². The minimum absolute atomic E-state index is 0.0372. The van der Waals surface area contributed by atoms with Crippen molar-refractivity contribution in [2.24, 2.45) is 5.10 Å². The van der Waals surface area contributed by atoms with Crippen molar-refractivity contribution in [3.8, 4) is 28.7 Å². The zero-order valence-electron chi connectivity index (χ0n) is 16.8. The highest BCUT2D eigenvalue weighted by Gasteiger charge is 2.41. The first-order valence-electron chi connectivity index (χ1n) is 10.1. The molecule has 7 nitrogen and oxygen atoms in total. The number of ether oxygens (including phenoxy) is 4. The lowest BCUT2D eigenvalue weighted by Gasteiger charge is -2.38. The number of hydrogen-bond donors (Lipinski definition) is 1. The van der Waals surface area contributed by atoms with Crippen molar-refractivity contribution in [3.05, 3.63) is 77.4 Å². The largest absolute Gasteiger partial charge is 0.504 e. The molecule has 3 aromatic carbocycles. The van der Waals surface area contributed by atoms with Gasteiger partial charge < -0.3 is 24.1 Å². The Morgan fingerprint density at radius 2 is 1.87 bits per heavy atom. The summed E-state index contributed by atoms with van der Waals surface area (Å²) in [4.78, 5) is 0.